The quantitative estimate of drug-likeness (QED) is 0.492. The normalized spacial score (nSPS) is 11.6. The lowest BCUT2D eigenvalue weighted by Crippen LogP contribution is -2.23. The van der Waals surface area contributed by atoms with E-state index in [1.165, 1.54) is 24.4 Å². The van der Waals surface area contributed by atoms with Crippen LogP contribution in [0, 0.1) is 6.92 Å². The predicted octanol–water partition coefficient (Wildman–Crippen LogP) is 4.45. The summed E-state index contributed by atoms with van der Waals surface area (Å²) in [5.41, 5.74) is 0.977. The second-order valence-corrected chi connectivity index (χ2v) is 10.1. The average molecular weight is 470 g/mol. The monoisotopic (exact) mass is 469 g/mol. The molecular weight excluding hydrogens is 453 g/mol. The molecule has 0 aliphatic heterocycles. The standard InChI is InChI=1S/C19H17Cl2N3O3S2/c1-12-22-11-14(28-12)3-7-19(25)18-6-2-13(9-23-18)10-24-29(26,27)15-4-5-16(20)17(21)8-15/h2,4-6,8-9,11,24H,3,7,10H2,1H3. The molecule has 3 rings (SSSR count). The number of Topliss-reactive ketones (excluding diaryl/α,β-unsaturated/α-hetero) is 1. The van der Waals surface area contributed by atoms with E-state index < -0.39 is 10.0 Å². The molecule has 0 aliphatic carbocycles. The summed E-state index contributed by atoms with van der Waals surface area (Å²) >= 11 is 13.3. The highest BCUT2D eigenvalue weighted by atomic mass is 35.5. The number of aromatic nitrogens is 2. The zero-order valence-electron chi connectivity index (χ0n) is 15.4. The smallest absolute Gasteiger partial charge is 0.240 e. The second-order valence-electron chi connectivity index (χ2n) is 6.22. The average Bonchev–Trinajstić information content (AvgIpc) is 3.12. The van der Waals surface area contributed by atoms with Crippen LogP contribution in [0.2, 0.25) is 10.0 Å². The molecule has 0 atom stereocenters. The van der Waals surface area contributed by atoms with Crippen LogP contribution >= 0.6 is 34.5 Å². The van der Waals surface area contributed by atoms with Gasteiger partial charge in [-0.3, -0.25) is 9.78 Å². The summed E-state index contributed by atoms with van der Waals surface area (Å²) in [4.78, 5) is 21.7. The Hall–Kier alpha value is -1.84. The van der Waals surface area contributed by atoms with Crippen molar-refractivity contribution in [3.8, 4) is 0 Å². The molecule has 1 aromatic carbocycles. The summed E-state index contributed by atoms with van der Waals surface area (Å²) in [7, 11) is -3.75. The van der Waals surface area contributed by atoms with Gasteiger partial charge in [0.25, 0.3) is 0 Å². The Morgan fingerprint density at radius 2 is 1.90 bits per heavy atom. The van der Waals surface area contributed by atoms with Gasteiger partial charge in [-0.25, -0.2) is 18.1 Å². The lowest BCUT2D eigenvalue weighted by molar-refractivity contribution is 0.0978. The van der Waals surface area contributed by atoms with Crippen molar-refractivity contribution in [1.82, 2.24) is 14.7 Å². The molecule has 6 nitrogen and oxygen atoms in total. The molecule has 0 fully saturated rings. The lowest BCUT2D eigenvalue weighted by Gasteiger charge is -2.08. The van der Waals surface area contributed by atoms with Crippen LogP contribution in [0.25, 0.3) is 0 Å². The zero-order valence-corrected chi connectivity index (χ0v) is 18.5. The van der Waals surface area contributed by atoms with Crippen molar-refractivity contribution in [3.05, 3.63) is 73.9 Å². The first kappa shape index (κ1) is 21.9. The fraction of sp³-hybridized carbons (Fsp3) is 0.211. The highest BCUT2D eigenvalue weighted by Gasteiger charge is 2.16. The number of rotatable bonds is 8. The maximum absolute atomic E-state index is 12.4. The van der Waals surface area contributed by atoms with Gasteiger partial charge in [-0.05, 0) is 43.2 Å². The minimum atomic E-state index is -3.75. The summed E-state index contributed by atoms with van der Waals surface area (Å²) in [5, 5.41) is 1.41. The first-order chi connectivity index (χ1) is 13.7. The third kappa shape index (κ3) is 5.83. The summed E-state index contributed by atoms with van der Waals surface area (Å²) in [6, 6.07) is 7.36. The van der Waals surface area contributed by atoms with Gasteiger partial charge in [-0.2, -0.15) is 0 Å². The van der Waals surface area contributed by atoms with Gasteiger partial charge in [-0.15, -0.1) is 11.3 Å². The molecule has 0 saturated heterocycles. The summed E-state index contributed by atoms with van der Waals surface area (Å²) in [5.74, 6) is -0.0704. The van der Waals surface area contributed by atoms with Crippen molar-refractivity contribution in [3.63, 3.8) is 0 Å². The number of carbonyl (C=O) groups excluding carboxylic acids is 1. The van der Waals surface area contributed by atoms with Gasteiger partial charge in [0, 0.05) is 30.2 Å². The number of nitrogens with one attached hydrogen (secondary N) is 1. The maximum atomic E-state index is 12.4. The highest BCUT2D eigenvalue weighted by Crippen LogP contribution is 2.24. The molecule has 1 N–H and O–H groups in total. The van der Waals surface area contributed by atoms with E-state index in [1.54, 1.807) is 29.7 Å². The molecular formula is C19H17Cl2N3O3S2. The molecule has 0 radical (unpaired) electrons. The number of thiazole rings is 1. The first-order valence-electron chi connectivity index (χ1n) is 8.59. The van der Waals surface area contributed by atoms with Crippen LogP contribution in [0.4, 0.5) is 0 Å². The van der Waals surface area contributed by atoms with Crippen LogP contribution in [0.1, 0.15) is 32.4 Å². The Kier molecular flexibility index (Phi) is 7.02. The van der Waals surface area contributed by atoms with Crippen molar-refractivity contribution < 1.29 is 13.2 Å². The number of hydrogen-bond acceptors (Lipinski definition) is 6. The molecule has 0 amide bonds. The first-order valence-corrected chi connectivity index (χ1v) is 11.6. The molecule has 2 heterocycles. The van der Waals surface area contributed by atoms with Crippen LogP contribution in [-0.4, -0.2) is 24.2 Å². The number of aryl methyl sites for hydroxylation is 2. The number of carbonyl (C=O) groups is 1. The Morgan fingerprint density at radius 1 is 1.10 bits per heavy atom. The molecule has 152 valence electrons. The van der Waals surface area contributed by atoms with E-state index >= 15 is 0 Å². The number of hydrogen-bond donors (Lipinski definition) is 1. The van der Waals surface area contributed by atoms with Crippen LogP contribution < -0.4 is 4.72 Å². The van der Waals surface area contributed by atoms with Gasteiger partial charge in [-0.1, -0.05) is 29.3 Å². The van der Waals surface area contributed by atoms with Crippen LogP contribution in [0.3, 0.4) is 0 Å². The van der Waals surface area contributed by atoms with Crippen molar-refractivity contribution >= 4 is 50.3 Å². The van der Waals surface area contributed by atoms with Crippen molar-refractivity contribution in [2.75, 3.05) is 0 Å². The Bertz CT molecular complexity index is 1130. The Morgan fingerprint density at radius 3 is 2.52 bits per heavy atom. The number of ketones is 1. The number of nitrogens with zero attached hydrogens (tertiary/aromatic N) is 2. The topological polar surface area (TPSA) is 89.0 Å². The van der Waals surface area contributed by atoms with E-state index in [0.717, 1.165) is 9.88 Å². The van der Waals surface area contributed by atoms with E-state index in [4.69, 9.17) is 23.2 Å². The van der Waals surface area contributed by atoms with Gasteiger partial charge < -0.3 is 0 Å². The van der Waals surface area contributed by atoms with Gasteiger partial charge in [0.05, 0.1) is 19.9 Å². The number of pyridine rings is 1. The van der Waals surface area contributed by atoms with E-state index in [9.17, 15) is 13.2 Å². The van der Waals surface area contributed by atoms with Crippen molar-refractivity contribution in [2.45, 2.75) is 31.2 Å². The Balaban J connectivity index is 1.58. The molecule has 0 saturated carbocycles. The third-order valence-corrected chi connectivity index (χ3v) is 7.16. The zero-order chi connectivity index (χ0) is 21.0. The molecule has 3 aromatic rings. The highest BCUT2D eigenvalue weighted by molar-refractivity contribution is 7.89. The fourth-order valence-corrected chi connectivity index (χ4v) is 4.69. The SMILES string of the molecule is Cc1ncc(CCC(=O)c2ccc(CNS(=O)(=O)c3ccc(Cl)c(Cl)c3)cn2)s1. The van der Waals surface area contributed by atoms with Gasteiger partial charge in [0.15, 0.2) is 5.78 Å². The fourth-order valence-electron chi connectivity index (χ4n) is 2.49. The number of halogens is 2. The van der Waals surface area contributed by atoms with E-state index in [1.807, 2.05) is 6.92 Å². The maximum Gasteiger partial charge on any atom is 0.240 e. The Labute approximate surface area is 183 Å². The minimum Gasteiger partial charge on any atom is -0.292 e. The van der Waals surface area contributed by atoms with E-state index in [2.05, 4.69) is 14.7 Å². The van der Waals surface area contributed by atoms with Gasteiger partial charge in [0.1, 0.15) is 5.69 Å². The largest absolute Gasteiger partial charge is 0.292 e. The van der Waals surface area contributed by atoms with Gasteiger partial charge >= 0.3 is 0 Å². The van der Waals surface area contributed by atoms with Crippen LogP contribution in [0.15, 0.2) is 47.6 Å². The summed E-state index contributed by atoms with van der Waals surface area (Å²) < 4.78 is 27.2. The molecule has 10 heteroatoms. The minimum absolute atomic E-state index is 0.0185. The summed E-state index contributed by atoms with van der Waals surface area (Å²) in [6.45, 7) is 1.95. The molecule has 2 aromatic heterocycles. The van der Waals surface area contributed by atoms with Crippen molar-refractivity contribution in [2.24, 2.45) is 0 Å². The molecule has 0 bridgehead atoms. The predicted molar refractivity (Wildman–Crippen MR) is 114 cm³/mol. The molecule has 0 unspecified atom stereocenters. The van der Waals surface area contributed by atoms with E-state index in [0.29, 0.717) is 24.1 Å². The molecule has 0 spiro atoms. The lowest BCUT2D eigenvalue weighted by atomic mass is 10.1. The molecule has 0 aliphatic rings. The third-order valence-electron chi connectivity index (χ3n) is 4.05. The van der Waals surface area contributed by atoms with Crippen molar-refractivity contribution in [1.29, 1.82) is 0 Å². The van der Waals surface area contributed by atoms with Gasteiger partial charge in [0.2, 0.25) is 10.0 Å². The van der Waals surface area contributed by atoms with E-state index in [-0.39, 0.29) is 27.3 Å². The number of sulfonamides is 1. The second kappa shape index (κ2) is 9.32. The van der Waals surface area contributed by atoms with Crippen LogP contribution in [0.5, 0.6) is 0 Å². The van der Waals surface area contributed by atoms with Crippen LogP contribution in [-0.2, 0) is 23.0 Å². The number of benzene rings is 1. The summed E-state index contributed by atoms with van der Waals surface area (Å²) in [6.07, 6.45) is 4.24. The molecule has 29 heavy (non-hydrogen) atoms.